The summed E-state index contributed by atoms with van der Waals surface area (Å²) < 4.78 is 4.61. The van der Waals surface area contributed by atoms with E-state index in [-0.39, 0.29) is 12.4 Å². The zero-order valence-corrected chi connectivity index (χ0v) is 10.4. The SMILES string of the molecule is COC(=O)C[C@@H](O)C1CC[C@H]2C[C@@H]1C2(C)C. The summed E-state index contributed by atoms with van der Waals surface area (Å²) in [4.78, 5) is 11.2. The lowest BCUT2D eigenvalue weighted by atomic mass is 9.45. The van der Waals surface area contributed by atoms with Crippen molar-refractivity contribution < 1.29 is 14.6 Å². The highest BCUT2D eigenvalue weighted by atomic mass is 16.5. The van der Waals surface area contributed by atoms with Crippen LogP contribution < -0.4 is 0 Å². The Kier molecular flexibility index (Phi) is 2.99. The number of hydrogen-bond donors (Lipinski definition) is 1. The Morgan fingerprint density at radius 3 is 2.69 bits per heavy atom. The Balaban J connectivity index is 1.97. The molecule has 0 aromatic carbocycles. The van der Waals surface area contributed by atoms with Gasteiger partial charge >= 0.3 is 5.97 Å². The van der Waals surface area contributed by atoms with Crippen molar-refractivity contribution in [1.29, 1.82) is 0 Å². The average Bonchev–Trinajstić information content (AvgIpc) is 2.28. The van der Waals surface area contributed by atoms with Crippen molar-refractivity contribution in [2.75, 3.05) is 7.11 Å². The number of methoxy groups -OCH3 is 1. The third-order valence-corrected chi connectivity index (χ3v) is 5.01. The molecule has 0 heterocycles. The fraction of sp³-hybridized carbons (Fsp3) is 0.923. The summed E-state index contributed by atoms with van der Waals surface area (Å²) in [6.07, 6.45) is 3.13. The van der Waals surface area contributed by atoms with Crippen LogP contribution in [0, 0.1) is 23.2 Å². The minimum Gasteiger partial charge on any atom is -0.469 e. The summed E-state index contributed by atoms with van der Waals surface area (Å²) in [5.41, 5.74) is 0.361. The summed E-state index contributed by atoms with van der Waals surface area (Å²) >= 11 is 0. The van der Waals surface area contributed by atoms with E-state index in [0.29, 0.717) is 17.3 Å². The molecule has 0 spiro atoms. The fourth-order valence-electron chi connectivity index (χ4n) is 3.73. The Bertz CT molecular complexity index is 283. The van der Waals surface area contributed by atoms with Gasteiger partial charge in [0.2, 0.25) is 0 Å². The lowest BCUT2D eigenvalue weighted by Crippen LogP contribution is -2.55. The van der Waals surface area contributed by atoms with Crippen LogP contribution in [0.15, 0.2) is 0 Å². The Morgan fingerprint density at radius 1 is 1.50 bits per heavy atom. The number of aliphatic hydroxyl groups excluding tert-OH is 1. The molecule has 92 valence electrons. The van der Waals surface area contributed by atoms with Crippen molar-refractivity contribution in [1.82, 2.24) is 0 Å². The molecule has 3 heteroatoms. The van der Waals surface area contributed by atoms with E-state index in [1.807, 2.05) is 0 Å². The molecule has 0 aliphatic heterocycles. The molecule has 1 N–H and O–H groups in total. The van der Waals surface area contributed by atoms with Crippen molar-refractivity contribution in [2.24, 2.45) is 23.2 Å². The van der Waals surface area contributed by atoms with Gasteiger partial charge in [0.05, 0.1) is 19.6 Å². The predicted molar refractivity (Wildman–Crippen MR) is 60.7 cm³/mol. The second-order valence-electron chi connectivity index (χ2n) is 5.95. The first-order valence-corrected chi connectivity index (χ1v) is 6.21. The van der Waals surface area contributed by atoms with E-state index in [1.54, 1.807) is 0 Å². The average molecular weight is 226 g/mol. The topological polar surface area (TPSA) is 46.5 Å². The van der Waals surface area contributed by atoms with Crippen LogP contribution in [0.3, 0.4) is 0 Å². The first-order chi connectivity index (χ1) is 7.46. The molecule has 4 atom stereocenters. The Labute approximate surface area is 97.2 Å². The van der Waals surface area contributed by atoms with Crippen LogP contribution in [0.2, 0.25) is 0 Å². The molecule has 3 nitrogen and oxygen atoms in total. The summed E-state index contributed by atoms with van der Waals surface area (Å²) in [5, 5.41) is 10.1. The molecular formula is C13H22O3. The number of esters is 1. The number of fused-ring (bicyclic) bond motifs is 2. The lowest BCUT2D eigenvalue weighted by Gasteiger charge is -2.61. The number of carbonyl (C=O) groups excluding carboxylic acids is 1. The molecule has 16 heavy (non-hydrogen) atoms. The van der Waals surface area contributed by atoms with Gasteiger partial charge in [-0.3, -0.25) is 4.79 Å². The molecule has 0 aromatic heterocycles. The van der Waals surface area contributed by atoms with Crippen LogP contribution in [0.1, 0.15) is 39.5 Å². The summed E-state index contributed by atoms with van der Waals surface area (Å²) in [6.45, 7) is 4.59. The zero-order chi connectivity index (χ0) is 11.9. The van der Waals surface area contributed by atoms with Gasteiger partial charge in [0.25, 0.3) is 0 Å². The van der Waals surface area contributed by atoms with Gasteiger partial charge in [-0.2, -0.15) is 0 Å². The van der Waals surface area contributed by atoms with E-state index >= 15 is 0 Å². The zero-order valence-electron chi connectivity index (χ0n) is 10.4. The van der Waals surface area contributed by atoms with Crippen molar-refractivity contribution in [3.8, 4) is 0 Å². The molecule has 0 amide bonds. The molecule has 3 fully saturated rings. The first-order valence-electron chi connectivity index (χ1n) is 6.21. The normalized spacial score (nSPS) is 37.4. The van der Waals surface area contributed by atoms with Crippen LogP contribution in [0.4, 0.5) is 0 Å². The number of ether oxygens (including phenoxy) is 1. The highest BCUT2D eigenvalue weighted by molar-refractivity contribution is 5.69. The highest BCUT2D eigenvalue weighted by Gasteiger charge is 2.55. The van der Waals surface area contributed by atoms with E-state index in [4.69, 9.17) is 0 Å². The van der Waals surface area contributed by atoms with Gasteiger partial charge in [0.1, 0.15) is 0 Å². The predicted octanol–water partition coefficient (Wildman–Crippen LogP) is 1.98. The van der Waals surface area contributed by atoms with Crippen molar-refractivity contribution in [3.63, 3.8) is 0 Å². The van der Waals surface area contributed by atoms with Crippen LogP contribution >= 0.6 is 0 Å². The highest BCUT2D eigenvalue weighted by Crippen LogP contribution is 2.62. The minimum absolute atomic E-state index is 0.151. The minimum atomic E-state index is -0.516. The van der Waals surface area contributed by atoms with E-state index in [9.17, 15) is 9.90 Å². The molecule has 3 aliphatic rings. The third-order valence-electron chi connectivity index (χ3n) is 5.01. The number of hydrogen-bond acceptors (Lipinski definition) is 3. The largest absolute Gasteiger partial charge is 0.469 e. The van der Waals surface area contributed by atoms with Gasteiger partial charge in [0, 0.05) is 0 Å². The van der Waals surface area contributed by atoms with E-state index in [2.05, 4.69) is 18.6 Å². The van der Waals surface area contributed by atoms with Gasteiger partial charge in [-0.15, -0.1) is 0 Å². The smallest absolute Gasteiger partial charge is 0.308 e. The van der Waals surface area contributed by atoms with Crippen molar-refractivity contribution in [3.05, 3.63) is 0 Å². The van der Waals surface area contributed by atoms with Gasteiger partial charge < -0.3 is 9.84 Å². The van der Waals surface area contributed by atoms with E-state index in [1.165, 1.54) is 20.0 Å². The Morgan fingerprint density at radius 2 is 2.19 bits per heavy atom. The maximum absolute atomic E-state index is 11.2. The molecule has 0 aromatic rings. The van der Waals surface area contributed by atoms with Crippen LogP contribution in [0.5, 0.6) is 0 Å². The molecule has 2 bridgehead atoms. The standard InChI is InChI=1S/C13H22O3/c1-13(2)8-4-5-9(10(13)6-8)11(14)7-12(15)16-3/h8-11,14H,4-7H2,1-3H3/t8-,9?,10-,11+/m0/s1. The Hall–Kier alpha value is -0.570. The second-order valence-corrected chi connectivity index (χ2v) is 5.95. The van der Waals surface area contributed by atoms with Crippen LogP contribution in [-0.2, 0) is 9.53 Å². The first kappa shape index (κ1) is 11.9. The van der Waals surface area contributed by atoms with Crippen molar-refractivity contribution in [2.45, 2.75) is 45.6 Å². The van der Waals surface area contributed by atoms with Gasteiger partial charge in [-0.25, -0.2) is 0 Å². The van der Waals surface area contributed by atoms with E-state index < -0.39 is 6.10 Å². The summed E-state index contributed by atoms with van der Waals surface area (Å²) in [5.74, 6) is 1.41. The van der Waals surface area contributed by atoms with Crippen LogP contribution in [0.25, 0.3) is 0 Å². The van der Waals surface area contributed by atoms with E-state index in [0.717, 1.165) is 12.3 Å². The molecule has 0 radical (unpaired) electrons. The second kappa shape index (κ2) is 4.02. The third kappa shape index (κ3) is 1.75. The molecular weight excluding hydrogens is 204 g/mol. The summed E-state index contributed by atoms with van der Waals surface area (Å²) in [7, 11) is 1.37. The molecule has 3 aliphatic carbocycles. The van der Waals surface area contributed by atoms with Gasteiger partial charge in [-0.05, 0) is 42.4 Å². The monoisotopic (exact) mass is 226 g/mol. The molecule has 3 rings (SSSR count). The van der Waals surface area contributed by atoms with Gasteiger partial charge in [0.15, 0.2) is 0 Å². The molecule has 0 saturated heterocycles. The maximum Gasteiger partial charge on any atom is 0.308 e. The number of aliphatic hydroxyl groups is 1. The van der Waals surface area contributed by atoms with Crippen LogP contribution in [-0.4, -0.2) is 24.3 Å². The van der Waals surface area contributed by atoms with Crippen molar-refractivity contribution >= 4 is 5.97 Å². The van der Waals surface area contributed by atoms with Gasteiger partial charge in [-0.1, -0.05) is 13.8 Å². The maximum atomic E-state index is 11.2. The molecule has 3 saturated carbocycles. The molecule has 1 unspecified atom stereocenters. The quantitative estimate of drug-likeness (QED) is 0.748. The number of rotatable bonds is 3. The summed E-state index contributed by atoms with van der Waals surface area (Å²) in [6, 6.07) is 0. The number of carbonyl (C=O) groups is 1. The lowest BCUT2D eigenvalue weighted by molar-refractivity contribution is -0.155. The fourth-order valence-corrected chi connectivity index (χ4v) is 3.73.